The molecule has 4 N–H and O–H groups in total. The zero-order valence-corrected chi connectivity index (χ0v) is 12.8. The van der Waals surface area contributed by atoms with Crippen molar-refractivity contribution in [3.63, 3.8) is 0 Å². The van der Waals surface area contributed by atoms with Gasteiger partial charge in [-0.25, -0.2) is 4.39 Å². The molecule has 20 heavy (non-hydrogen) atoms. The Kier molecular flexibility index (Phi) is 6.18. The zero-order valence-electron chi connectivity index (χ0n) is 11.2. The molecule has 0 radical (unpaired) electrons. The molecule has 0 bridgehead atoms. The summed E-state index contributed by atoms with van der Waals surface area (Å²) in [4.78, 5) is 1.56. The number of nitrogens with two attached hydrogens (primary N) is 1. The molecule has 1 aromatic carbocycles. The number of amidine groups is 1. The van der Waals surface area contributed by atoms with Gasteiger partial charge in [0.25, 0.3) is 0 Å². The highest BCUT2D eigenvalue weighted by Gasteiger charge is 2.18. The maximum absolute atomic E-state index is 14.3. The van der Waals surface area contributed by atoms with Crippen LogP contribution >= 0.6 is 15.9 Å². The summed E-state index contributed by atoms with van der Waals surface area (Å²) in [6.45, 7) is 0.370. The second-order valence-electron chi connectivity index (χ2n) is 4.24. The minimum absolute atomic E-state index is 0.0957. The van der Waals surface area contributed by atoms with Crippen LogP contribution in [0.25, 0.3) is 0 Å². The van der Waals surface area contributed by atoms with E-state index in [1.54, 1.807) is 11.9 Å². The molecule has 0 aliphatic heterocycles. The van der Waals surface area contributed by atoms with Gasteiger partial charge in [-0.1, -0.05) is 5.16 Å². The lowest BCUT2D eigenvalue weighted by atomic mass is 10.1. The number of likely N-dealkylation sites (N-methyl/N-ethyl adjacent to an activating group) is 1. The predicted molar refractivity (Wildman–Crippen MR) is 77.8 cm³/mol. The standard InChI is InChI=1S/C12H17BrFN3O3/c1-17(5-7(18)6-20-2)9-4-3-8(12(15)16-19)10(13)11(9)14/h3-4,7,18-19H,5-6H2,1-2H3,(H2,15,16). The molecule has 112 valence electrons. The van der Waals surface area contributed by atoms with Gasteiger partial charge in [-0.15, -0.1) is 0 Å². The van der Waals surface area contributed by atoms with E-state index in [4.69, 9.17) is 15.7 Å². The number of ether oxygens (including phenoxy) is 1. The Morgan fingerprint density at radius 2 is 2.25 bits per heavy atom. The van der Waals surface area contributed by atoms with E-state index in [1.165, 1.54) is 19.2 Å². The molecular weight excluding hydrogens is 333 g/mol. The summed E-state index contributed by atoms with van der Waals surface area (Å²) >= 11 is 3.08. The van der Waals surface area contributed by atoms with Gasteiger partial charge in [0.1, 0.15) is 0 Å². The Hall–Kier alpha value is -1.38. The van der Waals surface area contributed by atoms with Crippen molar-refractivity contribution in [2.45, 2.75) is 6.10 Å². The van der Waals surface area contributed by atoms with E-state index in [0.29, 0.717) is 0 Å². The Bertz CT molecular complexity index is 499. The summed E-state index contributed by atoms with van der Waals surface area (Å²) in [6.07, 6.45) is -0.730. The van der Waals surface area contributed by atoms with Crippen molar-refractivity contribution in [1.29, 1.82) is 0 Å². The van der Waals surface area contributed by atoms with Crippen LogP contribution in [0.3, 0.4) is 0 Å². The summed E-state index contributed by atoms with van der Waals surface area (Å²) in [5.41, 5.74) is 5.97. The molecule has 0 aliphatic rings. The third kappa shape index (κ3) is 3.81. The van der Waals surface area contributed by atoms with E-state index in [0.717, 1.165) is 0 Å². The lowest BCUT2D eigenvalue weighted by Crippen LogP contribution is -2.32. The highest BCUT2D eigenvalue weighted by molar-refractivity contribution is 9.10. The quantitative estimate of drug-likeness (QED) is 0.310. The molecule has 0 aromatic heterocycles. The predicted octanol–water partition coefficient (Wildman–Crippen LogP) is 1.13. The van der Waals surface area contributed by atoms with Crippen molar-refractivity contribution >= 4 is 27.5 Å². The fourth-order valence-electron chi connectivity index (χ4n) is 1.75. The first-order valence-electron chi connectivity index (χ1n) is 5.76. The number of methoxy groups -OCH3 is 1. The second-order valence-corrected chi connectivity index (χ2v) is 5.03. The van der Waals surface area contributed by atoms with Gasteiger partial charge in [0.2, 0.25) is 0 Å². The zero-order chi connectivity index (χ0) is 15.3. The molecule has 0 saturated carbocycles. The highest BCUT2D eigenvalue weighted by Crippen LogP contribution is 2.29. The number of hydrogen-bond donors (Lipinski definition) is 3. The fourth-order valence-corrected chi connectivity index (χ4v) is 2.28. The number of aliphatic hydroxyl groups excluding tert-OH is 1. The summed E-state index contributed by atoms with van der Waals surface area (Å²) in [5, 5.41) is 21.1. The monoisotopic (exact) mass is 349 g/mol. The molecule has 6 nitrogen and oxygen atoms in total. The van der Waals surface area contributed by atoms with Crippen LogP contribution < -0.4 is 10.6 Å². The molecule has 1 aromatic rings. The van der Waals surface area contributed by atoms with E-state index >= 15 is 0 Å². The van der Waals surface area contributed by atoms with E-state index in [-0.39, 0.29) is 34.7 Å². The number of benzene rings is 1. The van der Waals surface area contributed by atoms with Crippen LogP contribution in [0.1, 0.15) is 5.56 Å². The molecule has 0 aliphatic carbocycles. The average Bonchev–Trinajstić information content (AvgIpc) is 2.40. The maximum Gasteiger partial charge on any atom is 0.171 e. The number of halogens is 2. The van der Waals surface area contributed by atoms with Gasteiger partial charge in [-0.05, 0) is 28.1 Å². The van der Waals surface area contributed by atoms with Crippen LogP contribution in [0.15, 0.2) is 21.8 Å². The first-order chi connectivity index (χ1) is 9.42. The third-order valence-corrected chi connectivity index (χ3v) is 3.48. The summed E-state index contributed by atoms with van der Waals surface area (Å²) in [7, 11) is 3.12. The molecule has 0 fully saturated rings. The van der Waals surface area contributed by atoms with Crippen molar-refractivity contribution < 1.29 is 19.4 Å². The highest BCUT2D eigenvalue weighted by atomic mass is 79.9. The number of nitrogens with zero attached hydrogens (tertiary/aromatic N) is 2. The van der Waals surface area contributed by atoms with Crippen molar-refractivity contribution in [3.05, 3.63) is 28.0 Å². The SMILES string of the molecule is COCC(O)CN(C)c1ccc(/C(N)=N/O)c(Br)c1F. The first kappa shape index (κ1) is 16.7. The van der Waals surface area contributed by atoms with E-state index in [1.807, 2.05) is 0 Å². The van der Waals surface area contributed by atoms with Crippen LogP contribution in [0.4, 0.5) is 10.1 Å². The minimum atomic E-state index is -0.730. The summed E-state index contributed by atoms with van der Waals surface area (Å²) < 4.78 is 19.2. The lowest BCUT2D eigenvalue weighted by Gasteiger charge is -2.23. The average molecular weight is 350 g/mol. The Morgan fingerprint density at radius 1 is 1.60 bits per heavy atom. The van der Waals surface area contributed by atoms with Crippen molar-refractivity contribution in [2.75, 3.05) is 32.2 Å². The Morgan fingerprint density at radius 3 is 2.80 bits per heavy atom. The van der Waals surface area contributed by atoms with Gasteiger partial charge in [0.15, 0.2) is 11.7 Å². The largest absolute Gasteiger partial charge is 0.409 e. The number of aliphatic hydroxyl groups is 1. The Labute approximate surface area is 124 Å². The van der Waals surface area contributed by atoms with Crippen molar-refractivity contribution in [1.82, 2.24) is 0 Å². The van der Waals surface area contributed by atoms with Gasteiger partial charge in [-0.2, -0.15) is 0 Å². The molecule has 0 saturated heterocycles. The van der Waals surface area contributed by atoms with Gasteiger partial charge < -0.3 is 25.7 Å². The summed E-state index contributed by atoms with van der Waals surface area (Å²) in [6, 6.07) is 3.02. The normalized spacial score (nSPS) is 13.3. The number of anilines is 1. The van der Waals surface area contributed by atoms with Crippen molar-refractivity contribution in [3.8, 4) is 0 Å². The van der Waals surface area contributed by atoms with Crippen LogP contribution in [0.2, 0.25) is 0 Å². The molecule has 0 amide bonds. The molecular formula is C12H17BrFN3O3. The number of oxime groups is 1. The van der Waals surface area contributed by atoms with Gasteiger partial charge in [0, 0.05) is 26.3 Å². The fraction of sp³-hybridized carbons (Fsp3) is 0.417. The minimum Gasteiger partial charge on any atom is -0.409 e. The topological polar surface area (TPSA) is 91.3 Å². The van der Waals surface area contributed by atoms with E-state index in [9.17, 15) is 9.50 Å². The van der Waals surface area contributed by atoms with Crippen LogP contribution in [-0.2, 0) is 4.74 Å². The molecule has 1 atom stereocenters. The smallest absolute Gasteiger partial charge is 0.171 e. The lowest BCUT2D eigenvalue weighted by molar-refractivity contribution is 0.0694. The van der Waals surface area contributed by atoms with Gasteiger partial charge in [-0.3, -0.25) is 0 Å². The van der Waals surface area contributed by atoms with E-state index < -0.39 is 11.9 Å². The molecule has 0 spiro atoms. The van der Waals surface area contributed by atoms with E-state index in [2.05, 4.69) is 21.1 Å². The van der Waals surface area contributed by atoms with Crippen molar-refractivity contribution in [2.24, 2.45) is 10.9 Å². The summed E-state index contributed by atoms with van der Waals surface area (Å²) in [5.74, 6) is -0.745. The molecule has 1 unspecified atom stereocenters. The third-order valence-electron chi connectivity index (χ3n) is 2.70. The molecule has 8 heteroatoms. The first-order valence-corrected chi connectivity index (χ1v) is 6.55. The van der Waals surface area contributed by atoms with Crippen LogP contribution in [-0.4, -0.2) is 49.6 Å². The molecule has 0 heterocycles. The van der Waals surface area contributed by atoms with Gasteiger partial charge >= 0.3 is 0 Å². The molecule has 1 rings (SSSR count). The second kappa shape index (κ2) is 7.41. The van der Waals surface area contributed by atoms with Gasteiger partial charge in [0.05, 0.1) is 22.9 Å². The number of rotatable bonds is 6. The Balaban J connectivity index is 3.00. The van der Waals surface area contributed by atoms with Crippen LogP contribution in [0, 0.1) is 5.82 Å². The maximum atomic E-state index is 14.3. The number of hydrogen-bond acceptors (Lipinski definition) is 5. The van der Waals surface area contributed by atoms with Crippen LogP contribution in [0.5, 0.6) is 0 Å².